The molecule has 0 saturated heterocycles. The van der Waals surface area contributed by atoms with Gasteiger partial charge in [-0.15, -0.1) is 0 Å². The summed E-state index contributed by atoms with van der Waals surface area (Å²) in [5, 5.41) is 8.97. The summed E-state index contributed by atoms with van der Waals surface area (Å²) < 4.78 is 211. The van der Waals surface area contributed by atoms with Crippen molar-refractivity contribution in [1.82, 2.24) is 18.7 Å². The highest BCUT2D eigenvalue weighted by Gasteiger charge is 2.35. The van der Waals surface area contributed by atoms with Gasteiger partial charge < -0.3 is 38.3 Å². The number of sulfonamides is 2. The predicted octanol–water partition coefficient (Wildman–Crippen LogP) is 13.3. The number of aromatic nitrogens is 4. The zero-order valence-corrected chi connectivity index (χ0v) is 48.7. The molecule has 0 amide bonds. The molecule has 18 nitrogen and oxygen atoms in total. The van der Waals surface area contributed by atoms with Gasteiger partial charge in [0.05, 0.1) is 60.3 Å². The lowest BCUT2D eigenvalue weighted by Gasteiger charge is -2.23. The highest BCUT2D eigenvalue weighted by atomic mass is 32.2. The van der Waals surface area contributed by atoms with Crippen LogP contribution in [0.3, 0.4) is 0 Å². The first-order valence-electron chi connectivity index (χ1n) is 24.5. The van der Waals surface area contributed by atoms with Crippen LogP contribution in [0.25, 0.3) is 0 Å². The van der Waals surface area contributed by atoms with Gasteiger partial charge >= 0.3 is 6.18 Å². The van der Waals surface area contributed by atoms with E-state index >= 15 is 8.78 Å². The van der Waals surface area contributed by atoms with Gasteiger partial charge in [-0.25, -0.2) is 57.4 Å². The van der Waals surface area contributed by atoms with Crippen molar-refractivity contribution in [1.29, 1.82) is 0 Å². The Morgan fingerprint density at radius 2 is 0.988 bits per heavy atom. The van der Waals surface area contributed by atoms with Crippen LogP contribution in [0.2, 0.25) is 0 Å². The lowest BCUT2D eigenvalue weighted by atomic mass is 10.2. The van der Waals surface area contributed by atoms with Crippen molar-refractivity contribution < 1.29 is 90.2 Å². The summed E-state index contributed by atoms with van der Waals surface area (Å²) in [6, 6.07) is 18.2. The number of hydrogen-bond acceptors (Lipinski definition) is 18. The van der Waals surface area contributed by atoms with E-state index in [2.05, 4.69) is 25.6 Å². The molecule has 0 unspecified atom stereocenters. The maximum atomic E-state index is 15.4. The predicted molar refractivity (Wildman–Crippen MR) is 301 cm³/mol. The maximum absolute atomic E-state index is 15.4. The van der Waals surface area contributed by atoms with Crippen molar-refractivity contribution in [3.05, 3.63) is 161 Å². The van der Waals surface area contributed by atoms with E-state index in [0.717, 1.165) is 62.7 Å². The molecule has 6 aromatic carbocycles. The van der Waals surface area contributed by atoms with Crippen molar-refractivity contribution >= 4 is 53.4 Å². The summed E-state index contributed by atoms with van der Waals surface area (Å²) in [4.78, 5) is 5.68. The number of nitrogens with zero attached hydrogens (tertiary/aromatic N) is 6. The van der Waals surface area contributed by atoms with Crippen molar-refractivity contribution in [3.63, 3.8) is 0 Å². The summed E-state index contributed by atoms with van der Waals surface area (Å²) >= 11 is 1.43. The molecule has 0 aliphatic rings. The molecule has 0 aliphatic heterocycles. The molecule has 0 aliphatic carbocycles. The van der Waals surface area contributed by atoms with Crippen LogP contribution in [0.15, 0.2) is 120 Å². The first-order valence-corrected chi connectivity index (χ1v) is 28.9. The monoisotopic (exact) mass is 1270 g/mol. The van der Waals surface area contributed by atoms with Crippen molar-refractivity contribution in [2.45, 2.75) is 70.1 Å². The first-order chi connectivity index (χ1) is 39.9. The third-order valence-corrected chi connectivity index (χ3v) is 16.4. The zero-order valence-electron chi connectivity index (χ0n) is 45.4. The van der Waals surface area contributed by atoms with Crippen LogP contribution in [0.5, 0.6) is 51.7 Å². The van der Waals surface area contributed by atoms with Crippen molar-refractivity contribution in [2.24, 2.45) is 0 Å². The fourth-order valence-corrected chi connectivity index (χ4v) is 11.7. The number of halogens is 8. The van der Waals surface area contributed by atoms with Crippen LogP contribution in [0, 0.1) is 36.0 Å². The molecule has 0 fully saturated rings. The second-order valence-electron chi connectivity index (χ2n) is 17.2. The topological polar surface area (TPSA) is 211 Å². The number of rotatable bonds is 22. The normalized spacial score (nSPS) is 11.2. The third kappa shape index (κ3) is 17.4. The number of hydrogen-bond donors (Lipinski definition) is 1. The van der Waals surface area contributed by atoms with Gasteiger partial charge in [-0.1, -0.05) is 21.3 Å². The van der Waals surface area contributed by atoms with E-state index in [1.165, 1.54) is 40.6 Å². The highest BCUT2D eigenvalue weighted by Crippen LogP contribution is 2.40. The summed E-state index contributed by atoms with van der Waals surface area (Å²) in [7, 11) is -3.86. The molecule has 0 radical (unpaired) electrons. The summed E-state index contributed by atoms with van der Waals surface area (Å²) in [5.41, 5.74) is 0.613. The van der Waals surface area contributed by atoms with Gasteiger partial charge in [0, 0.05) is 82.7 Å². The fourth-order valence-electron chi connectivity index (χ4n) is 7.32. The lowest BCUT2D eigenvalue weighted by Crippen LogP contribution is -2.31. The largest absolute Gasteiger partial charge is 0.508 e. The Balaban J connectivity index is 0.000000269. The SMILES string of the molecule is C.CCCOc1cc(C)cc(O)c1.CCCOc1cc(Oc2cc(F)c(S(=O)(=O)N(Cc3ccc(OC)cc3OC)c3ncns3)cc2F)cc(C(F)(F)F)c1.COc1ccc(CN(c2ncns2)S(=O)(=O)c2cc(F)c(F)cc2F)c(OC)c1. The Kier molecular flexibility index (Phi) is 23.9. The van der Waals surface area contributed by atoms with E-state index in [-0.39, 0.29) is 54.2 Å². The molecule has 0 spiro atoms. The number of benzene rings is 6. The number of aromatic hydroxyl groups is 1. The van der Waals surface area contributed by atoms with Crippen LogP contribution in [0.4, 0.5) is 45.4 Å². The number of alkyl halides is 3. The van der Waals surface area contributed by atoms with Crippen LogP contribution >= 0.6 is 23.1 Å². The molecule has 30 heteroatoms. The maximum Gasteiger partial charge on any atom is 0.416 e. The Morgan fingerprint density at radius 1 is 0.529 bits per heavy atom. The summed E-state index contributed by atoms with van der Waals surface area (Å²) in [6.07, 6.45) is -1.09. The number of anilines is 2. The lowest BCUT2D eigenvalue weighted by molar-refractivity contribution is -0.137. The smallest absolute Gasteiger partial charge is 0.416 e. The average molecular weight is 1270 g/mol. The minimum absolute atomic E-state index is 0. The van der Waals surface area contributed by atoms with Gasteiger partial charge in [-0.3, -0.25) is 0 Å². The Bertz CT molecular complexity index is 3720. The van der Waals surface area contributed by atoms with Gasteiger partial charge in [-0.2, -0.15) is 21.9 Å². The second-order valence-corrected chi connectivity index (χ2v) is 22.4. The Labute approximate surface area is 493 Å². The zero-order chi connectivity index (χ0) is 61.5. The molecule has 2 aromatic heterocycles. The van der Waals surface area contributed by atoms with Crippen molar-refractivity contribution in [2.75, 3.05) is 50.3 Å². The van der Waals surface area contributed by atoms with Gasteiger partial charge in [-0.05, 0) is 73.9 Å². The molecule has 1 N–H and O–H groups in total. The quantitative estimate of drug-likeness (QED) is 0.0494. The van der Waals surface area contributed by atoms with Gasteiger partial charge in [0.25, 0.3) is 20.0 Å². The van der Waals surface area contributed by atoms with Crippen LogP contribution in [-0.4, -0.2) is 82.3 Å². The van der Waals surface area contributed by atoms with E-state index in [9.17, 15) is 48.3 Å². The minimum Gasteiger partial charge on any atom is -0.508 e. The van der Waals surface area contributed by atoms with Gasteiger partial charge in [0.2, 0.25) is 10.3 Å². The molecule has 458 valence electrons. The van der Waals surface area contributed by atoms with Gasteiger partial charge in [0.1, 0.15) is 80.1 Å². The average Bonchev–Trinajstić information content (AvgIpc) is 3.28. The molecular formula is C55H56F8N6O12S4. The van der Waals surface area contributed by atoms with Gasteiger partial charge in [0.15, 0.2) is 23.2 Å². The highest BCUT2D eigenvalue weighted by molar-refractivity contribution is 7.93. The molecule has 0 atom stereocenters. The number of phenols is 1. The molecule has 0 bridgehead atoms. The minimum atomic E-state index is -4.83. The standard InChI is InChI=1S/C27H24F5N3O6S2.C17H14F3N3O4S2.C10H14O2.CH4/c1-4-7-40-19-8-17(27(30,31)32)9-20(10-19)41-24-12-22(29)25(13-21(24)28)43(36,37)35(26-33-15-34-42-26)14-16-5-6-18(38-2)11-23(16)39-3;1-26-11-4-3-10(15(5-11)27-2)8-23(17-21-9-22-28-17)29(24,25)16-7-13(19)12(18)6-14(16)20;1-3-4-12-10-6-8(2)5-9(11)7-10;/h5-6,8-13,15H,4,7,14H2,1-3H3;3-7,9H,8H2,1-2H3;5-7,11H,3-4H2,1-2H3;1H4. The molecule has 2 heterocycles. The number of ether oxygens (including phenoxy) is 7. The summed E-state index contributed by atoms with van der Waals surface area (Å²) in [5.74, 6) is -6.29. The van der Waals surface area contributed by atoms with Crippen LogP contribution in [0.1, 0.15) is 56.4 Å². The molecular weight excluding hydrogens is 1220 g/mol. The fraction of sp³-hybridized carbons (Fsp3) is 0.273. The van der Waals surface area contributed by atoms with Crippen LogP contribution < -0.4 is 41.8 Å². The van der Waals surface area contributed by atoms with E-state index in [4.69, 9.17) is 33.2 Å². The first kappa shape index (κ1) is 67.6. The molecule has 8 aromatic rings. The third-order valence-electron chi connectivity index (χ3n) is 11.3. The molecule has 0 saturated carbocycles. The summed E-state index contributed by atoms with van der Waals surface area (Å²) in [6.45, 7) is 5.79. The molecule has 85 heavy (non-hydrogen) atoms. The van der Waals surface area contributed by atoms with E-state index in [1.54, 1.807) is 43.3 Å². The van der Waals surface area contributed by atoms with Crippen LogP contribution in [-0.2, 0) is 39.3 Å². The van der Waals surface area contributed by atoms with E-state index in [1.807, 2.05) is 13.0 Å². The van der Waals surface area contributed by atoms with E-state index < -0.39 is 88.7 Å². The Hall–Kier alpha value is -8.22. The van der Waals surface area contributed by atoms with Crippen molar-refractivity contribution in [3.8, 4) is 51.7 Å². The Morgan fingerprint density at radius 3 is 1.42 bits per heavy atom. The number of phenolic OH excluding ortho intramolecular Hbond substituents is 1. The second kappa shape index (κ2) is 30.0. The number of aryl methyl sites for hydroxylation is 1. The number of methoxy groups -OCH3 is 4. The van der Waals surface area contributed by atoms with E-state index in [0.29, 0.717) is 77.2 Å². The molecule has 8 rings (SSSR count).